The highest BCUT2D eigenvalue weighted by Gasteiger charge is 2.28. The Labute approximate surface area is 136 Å². The van der Waals surface area contributed by atoms with Gasteiger partial charge in [-0.3, -0.25) is 0 Å². The molecule has 114 valence electrons. The average Bonchev–Trinajstić information content (AvgIpc) is 2.55. The molecule has 1 unspecified atom stereocenters. The van der Waals surface area contributed by atoms with E-state index in [2.05, 4.69) is 46.1 Å². The highest BCUT2D eigenvalue weighted by atomic mass is 35.5. The van der Waals surface area contributed by atoms with Crippen LogP contribution < -0.4 is 4.90 Å². The van der Waals surface area contributed by atoms with Crippen LogP contribution in [0, 0.1) is 0 Å². The molecule has 0 bridgehead atoms. The fourth-order valence-electron chi connectivity index (χ4n) is 3.84. The second-order valence-electron chi connectivity index (χ2n) is 6.27. The van der Waals surface area contributed by atoms with Crippen molar-refractivity contribution in [3.05, 3.63) is 51.9 Å². The van der Waals surface area contributed by atoms with Gasteiger partial charge >= 0.3 is 0 Å². The Bertz CT molecular complexity index is 713. The maximum absolute atomic E-state index is 6.20. The lowest BCUT2D eigenvalue weighted by Crippen LogP contribution is -2.36. The van der Waals surface area contributed by atoms with Gasteiger partial charge in [-0.1, -0.05) is 24.3 Å². The Balaban J connectivity index is 1.78. The van der Waals surface area contributed by atoms with Crippen molar-refractivity contribution < 1.29 is 0 Å². The summed E-state index contributed by atoms with van der Waals surface area (Å²) in [4.78, 5) is 11.5. The van der Waals surface area contributed by atoms with Gasteiger partial charge in [0.2, 0.25) is 5.28 Å². The monoisotopic (exact) mass is 313 g/mol. The number of halogens is 1. The third-order valence-electron chi connectivity index (χ3n) is 5.00. The third kappa shape index (κ3) is 2.28. The summed E-state index contributed by atoms with van der Waals surface area (Å²) in [5, 5.41) is 0.390. The predicted molar refractivity (Wildman–Crippen MR) is 89.6 cm³/mol. The van der Waals surface area contributed by atoms with Gasteiger partial charge < -0.3 is 4.90 Å². The molecule has 1 aliphatic carbocycles. The molecular formula is C18H20ClN3. The minimum atomic E-state index is 0.335. The highest BCUT2D eigenvalue weighted by Crippen LogP contribution is 2.37. The molecule has 0 saturated heterocycles. The van der Waals surface area contributed by atoms with Gasteiger partial charge in [-0.2, -0.15) is 0 Å². The van der Waals surface area contributed by atoms with Crippen molar-refractivity contribution in [2.24, 2.45) is 0 Å². The molecule has 0 fully saturated rings. The first-order valence-electron chi connectivity index (χ1n) is 8.14. The van der Waals surface area contributed by atoms with Gasteiger partial charge in [-0.25, -0.2) is 9.97 Å². The number of aromatic nitrogens is 2. The molecule has 4 rings (SSSR count). The van der Waals surface area contributed by atoms with Crippen molar-refractivity contribution in [2.75, 3.05) is 11.4 Å². The fraction of sp³-hybridized carbons (Fsp3) is 0.444. The zero-order valence-corrected chi connectivity index (χ0v) is 13.6. The number of hydrogen-bond acceptors (Lipinski definition) is 3. The first kappa shape index (κ1) is 14.0. The lowest BCUT2D eigenvalue weighted by molar-refractivity contribution is 0.598. The minimum Gasteiger partial charge on any atom is -0.349 e. The second kappa shape index (κ2) is 5.54. The quantitative estimate of drug-likeness (QED) is 0.741. The molecule has 0 amide bonds. The molecule has 0 N–H and O–H groups in total. The number of nitrogens with zero attached hydrogens (tertiary/aromatic N) is 3. The molecule has 2 heterocycles. The Hall–Kier alpha value is -1.61. The molecule has 0 saturated carbocycles. The normalized spacial score (nSPS) is 20.5. The smallest absolute Gasteiger partial charge is 0.224 e. The molecule has 22 heavy (non-hydrogen) atoms. The van der Waals surface area contributed by atoms with Gasteiger partial charge in [0.15, 0.2) is 0 Å². The van der Waals surface area contributed by atoms with E-state index in [1.54, 1.807) is 0 Å². The van der Waals surface area contributed by atoms with Crippen molar-refractivity contribution >= 4 is 17.4 Å². The molecule has 2 aromatic rings. The zero-order chi connectivity index (χ0) is 15.1. The van der Waals surface area contributed by atoms with E-state index in [0.717, 1.165) is 37.3 Å². The number of hydrogen-bond donors (Lipinski definition) is 0. The average molecular weight is 314 g/mol. The van der Waals surface area contributed by atoms with E-state index in [-0.39, 0.29) is 0 Å². The molecule has 4 heteroatoms. The van der Waals surface area contributed by atoms with E-state index < -0.39 is 0 Å². The van der Waals surface area contributed by atoms with Crippen LogP contribution in [0.2, 0.25) is 5.28 Å². The molecule has 0 radical (unpaired) electrons. The maximum atomic E-state index is 6.20. The Morgan fingerprint density at radius 1 is 1.09 bits per heavy atom. The van der Waals surface area contributed by atoms with Gasteiger partial charge in [0, 0.05) is 12.1 Å². The number of rotatable bonds is 1. The van der Waals surface area contributed by atoms with E-state index in [0.29, 0.717) is 11.3 Å². The van der Waals surface area contributed by atoms with Crippen molar-refractivity contribution in [1.82, 2.24) is 9.97 Å². The van der Waals surface area contributed by atoms with Crippen LogP contribution in [-0.2, 0) is 19.3 Å². The molecule has 1 atom stereocenters. The zero-order valence-electron chi connectivity index (χ0n) is 12.8. The minimum absolute atomic E-state index is 0.335. The lowest BCUT2D eigenvalue weighted by atomic mass is 9.91. The SMILES string of the molecule is CC1c2ccccc2CCN1c1nc(Cl)nc2c1CCCC2. The summed E-state index contributed by atoms with van der Waals surface area (Å²) < 4.78 is 0. The summed E-state index contributed by atoms with van der Waals surface area (Å²) in [6.07, 6.45) is 5.61. The summed E-state index contributed by atoms with van der Waals surface area (Å²) in [5.41, 5.74) is 5.35. The van der Waals surface area contributed by atoms with Gasteiger partial charge in [0.05, 0.1) is 11.7 Å². The van der Waals surface area contributed by atoms with Crippen LogP contribution in [0.1, 0.15) is 48.2 Å². The van der Waals surface area contributed by atoms with Gasteiger partial charge in [0.1, 0.15) is 5.82 Å². The molecule has 1 aromatic heterocycles. The van der Waals surface area contributed by atoms with Crippen LogP contribution >= 0.6 is 11.6 Å². The second-order valence-corrected chi connectivity index (χ2v) is 6.60. The van der Waals surface area contributed by atoms with Crippen molar-refractivity contribution in [1.29, 1.82) is 0 Å². The van der Waals surface area contributed by atoms with E-state index >= 15 is 0 Å². The number of fused-ring (bicyclic) bond motifs is 2. The van der Waals surface area contributed by atoms with E-state index in [9.17, 15) is 0 Å². The number of aryl methyl sites for hydroxylation is 1. The summed E-state index contributed by atoms with van der Waals surface area (Å²) in [7, 11) is 0. The van der Waals surface area contributed by atoms with Crippen LogP contribution in [-0.4, -0.2) is 16.5 Å². The van der Waals surface area contributed by atoms with Crippen molar-refractivity contribution in [3.8, 4) is 0 Å². The van der Waals surface area contributed by atoms with E-state index in [1.807, 2.05) is 0 Å². The maximum Gasteiger partial charge on any atom is 0.224 e. The number of benzene rings is 1. The van der Waals surface area contributed by atoms with Crippen molar-refractivity contribution in [3.63, 3.8) is 0 Å². The van der Waals surface area contributed by atoms with Crippen LogP contribution in [0.4, 0.5) is 5.82 Å². The number of anilines is 1. The molecule has 1 aliphatic heterocycles. The van der Waals surface area contributed by atoms with Gasteiger partial charge in [-0.05, 0) is 61.8 Å². The Morgan fingerprint density at radius 3 is 2.82 bits per heavy atom. The first-order chi connectivity index (χ1) is 10.7. The lowest BCUT2D eigenvalue weighted by Gasteiger charge is -2.38. The van der Waals surface area contributed by atoms with Crippen LogP contribution in [0.15, 0.2) is 24.3 Å². The third-order valence-corrected chi connectivity index (χ3v) is 5.17. The molecule has 3 nitrogen and oxygen atoms in total. The van der Waals surface area contributed by atoms with Gasteiger partial charge in [-0.15, -0.1) is 0 Å². The topological polar surface area (TPSA) is 29.0 Å². The fourth-order valence-corrected chi connectivity index (χ4v) is 4.03. The van der Waals surface area contributed by atoms with Crippen LogP contribution in [0.5, 0.6) is 0 Å². The molecule has 0 spiro atoms. The standard InChI is InChI=1S/C18H20ClN3/c1-12-14-7-3-2-6-13(14)10-11-22(12)17-15-8-4-5-9-16(15)20-18(19)21-17/h2-3,6-7,12H,4-5,8-11H2,1H3. The van der Waals surface area contributed by atoms with Crippen LogP contribution in [0.25, 0.3) is 0 Å². The molecular weight excluding hydrogens is 294 g/mol. The van der Waals surface area contributed by atoms with Crippen molar-refractivity contribution in [2.45, 2.75) is 45.1 Å². The van der Waals surface area contributed by atoms with E-state index in [1.165, 1.54) is 29.5 Å². The molecule has 2 aliphatic rings. The highest BCUT2D eigenvalue weighted by molar-refractivity contribution is 6.28. The summed E-state index contributed by atoms with van der Waals surface area (Å²) in [6.45, 7) is 3.27. The first-order valence-corrected chi connectivity index (χ1v) is 8.51. The molecule has 1 aromatic carbocycles. The van der Waals surface area contributed by atoms with Crippen LogP contribution in [0.3, 0.4) is 0 Å². The summed E-state index contributed by atoms with van der Waals surface area (Å²) in [6, 6.07) is 9.07. The van der Waals surface area contributed by atoms with E-state index in [4.69, 9.17) is 11.6 Å². The van der Waals surface area contributed by atoms with Gasteiger partial charge in [0.25, 0.3) is 0 Å². The largest absolute Gasteiger partial charge is 0.349 e. The summed E-state index contributed by atoms with van der Waals surface area (Å²) in [5.74, 6) is 1.07. The Morgan fingerprint density at radius 2 is 1.91 bits per heavy atom. The summed E-state index contributed by atoms with van der Waals surface area (Å²) >= 11 is 6.20. The predicted octanol–water partition coefficient (Wildman–Crippen LogP) is 4.13. The Kier molecular flexibility index (Phi) is 3.53.